The molecule has 0 aromatic heterocycles. The van der Waals surface area contributed by atoms with Crippen molar-refractivity contribution < 1.29 is 29.9 Å². The second-order valence-corrected chi connectivity index (χ2v) is 8.51. The van der Waals surface area contributed by atoms with Crippen molar-refractivity contribution in [3.8, 4) is 0 Å². The Bertz CT molecular complexity index is 502. The molecule has 2 heterocycles. The third-order valence-corrected chi connectivity index (χ3v) is 4.87. The lowest BCUT2D eigenvalue weighted by Crippen LogP contribution is -2.49. The van der Waals surface area contributed by atoms with Gasteiger partial charge in [0.2, 0.25) is 0 Å². The van der Waals surface area contributed by atoms with Crippen LogP contribution in [0.3, 0.4) is 0 Å². The highest BCUT2D eigenvalue weighted by atomic mass is 32.2. The zero-order valence-corrected chi connectivity index (χ0v) is 12.8. The molecule has 112 valence electrons. The summed E-state index contributed by atoms with van der Waals surface area (Å²) in [6.07, 6.45) is -0.931. The van der Waals surface area contributed by atoms with Gasteiger partial charge >= 0.3 is 0 Å². The van der Waals surface area contributed by atoms with E-state index >= 15 is 0 Å². The fourth-order valence-corrected chi connectivity index (χ4v) is 4.02. The van der Waals surface area contributed by atoms with Gasteiger partial charge in [-0.2, -0.15) is 16.8 Å². The van der Waals surface area contributed by atoms with E-state index in [0.29, 0.717) is 0 Å². The van der Waals surface area contributed by atoms with E-state index in [2.05, 4.69) is 0 Å². The van der Waals surface area contributed by atoms with Gasteiger partial charge in [-0.1, -0.05) is 13.8 Å². The minimum absolute atomic E-state index is 0.0798. The molecule has 2 aliphatic heterocycles. The van der Waals surface area contributed by atoms with Crippen LogP contribution in [-0.4, -0.2) is 53.8 Å². The van der Waals surface area contributed by atoms with Crippen molar-refractivity contribution >= 4 is 20.2 Å². The maximum absolute atomic E-state index is 11.3. The summed E-state index contributed by atoms with van der Waals surface area (Å²) < 4.78 is 60.7. The van der Waals surface area contributed by atoms with E-state index in [0.717, 1.165) is 12.5 Å². The highest BCUT2D eigenvalue weighted by molar-refractivity contribution is 7.86. The van der Waals surface area contributed by atoms with Gasteiger partial charge in [0.15, 0.2) is 0 Å². The van der Waals surface area contributed by atoms with E-state index in [1.54, 1.807) is 0 Å². The van der Waals surface area contributed by atoms with Crippen LogP contribution in [0.25, 0.3) is 0 Å². The predicted octanol–water partition coefficient (Wildman–Crippen LogP) is -0.271. The van der Waals surface area contributed by atoms with Crippen LogP contribution in [0.15, 0.2) is 0 Å². The molecule has 9 heteroatoms. The molecule has 2 saturated heterocycles. The number of ether oxygens (including phenoxy) is 1. The topological polar surface area (TPSA) is 96.0 Å². The fraction of sp³-hybridized carbons (Fsp3) is 1.00. The molecule has 0 aromatic rings. The molecule has 19 heavy (non-hydrogen) atoms. The van der Waals surface area contributed by atoms with Crippen LogP contribution in [0.4, 0.5) is 0 Å². The van der Waals surface area contributed by atoms with Gasteiger partial charge in [0.25, 0.3) is 20.2 Å². The van der Waals surface area contributed by atoms with Crippen LogP contribution in [0.2, 0.25) is 0 Å². The Hall–Kier alpha value is -0.220. The monoisotopic (exact) mass is 314 g/mol. The zero-order valence-electron chi connectivity index (χ0n) is 11.1. The maximum Gasteiger partial charge on any atom is 0.264 e. The highest BCUT2D eigenvalue weighted by Gasteiger charge is 2.60. The molecule has 0 radical (unpaired) electrons. The molecule has 0 aromatic carbocycles. The maximum atomic E-state index is 11.3. The van der Waals surface area contributed by atoms with E-state index in [9.17, 15) is 16.8 Å². The first-order chi connectivity index (χ1) is 8.49. The molecule has 0 spiro atoms. The standard InChI is InChI=1S/C10H18O7S2/c1-5-6(2)8-10(17-19(4,13)14)9(7(5)15-8)16-18(3,11)12/h5-10H,1-4H3. The van der Waals surface area contributed by atoms with Crippen molar-refractivity contribution in [2.24, 2.45) is 11.8 Å². The molecular weight excluding hydrogens is 296 g/mol. The van der Waals surface area contributed by atoms with Gasteiger partial charge in [0, 0.05) is 0 Å². The molecule has 2 rings (SSSR count). The third-order valence-electron chi connectivity index (χ3n) is 3.72. The second-order valence-electron chi connectivity index (χ2n) is 5.31. The average molecular weight is 314 g/mol. The minimum atomic E-state index is -3.71. The van der Waals surface area contributed by atoms with Crippen LogP contribution in [-0.2, 0) is 33.3 Å². The smallest absolute Gasteiger partial charge is 0.264 e. The first-order valence-electron chi connectivity index (χ1n) is 5.91. The van der Waals surface area contributed by atoms with Gasteiger partial charge in [-0.05, 0) is 11.8 Å². The van der Waals surface area contributed by atoms with E-state index in [-0.39, 0.29) is 11.8 Å². The summed E-state index contributed by atoms with van der Waals surface area (Å²) in [5, 5.41) is 0. The molecule has 0 N–H and O–H groups in total. The molecule has 7 nitrogen and oxygen atoms in total. The van der Waals surface area contributed by atoms with E-state index < -0.39 is 44.7 Å². The second kappa shape index (κ2) is 4.66. The molecular formula is C10H18O7S2. The Kier molecular flexibility index (Phi) is 3.72. The van der Waals surface area contributed by atoms with E-state index in [1.165, 1.54) is 0 Å². The van der Waals surface area contributed by atoms with Crippen LogP contribution < -0.4 is 0 Å². The van der Waals surface area contributed by atoms with Gasteiger partial charge < -0.3 is 4.74 Å². The molecule has 2 bridgehead atoms. The first kappa shape index (κ1) is 15.2. The molecule has 0 saturated carbocycles. The lowest BCUT2D eigenvalue weighted by molar-refractivity contribution is 0.0224. The Morgan fingerprint density at radius 1 is 0.789 bits per heavy atom. The summed E-state index contributed by atoms with van der Waals surface area (Å²) in [6, 6.07) is 0. The number of hydrogen-bond acceptors (Lipinski definition) is 7. The quantitative estimate of drug-likeness (QED) is 0.659. The lowest BCUT2D eigenvalue weighted by Gasteiger charge is -2.33. The summed E-state index contributed by atoms with van der Waals surface area (Å²) in [5.41, 5.74) is 0. The van der Waals surface area contributed by atoms with Crippen molar-refractivity contribution in [3.05, 3.63) is 0 Å². The van der Waals surface area contributed by atoms with Crippen molar-refractivity contribution in [3.63, 3.8) is 0 Å². The minimum Gasteiger partial charge on any atom is -0.369 e. The number of rotatable bonds is 4. The van der Waals surface area contributed by atoms with Gasteiger partial charge in [-0.25, -0.2) is 0 Å². The van der Waals surface area contributed by atoms with Crippen molar-refractivity contribution in [1.29, 1.82) is 0 Å². The highest BCUT2D eigenvalue weighted by Crippen LogP contribution is 2.46. The molecule has 0 amide bonds. The van der Waals surface area contributed by atoms with E-state index in [1.807, 2.05) is 13.8 Å². The summed E-state index contributed by atoms with van der Waals surface area (Å²) in [4.78, 5) is 0. The summed E-state index contributed by atoms with van der Waals surface area (Å²) >= 11 is 0. The number of hydrogen-bond donors (Lipinski definition) is 0. The summed E-state index contributed by atoms with van der Waals surface area (Å²) in [5.74, 6) is 0.160. The van der Waals surface area contributed by atoms with E-state index in [4.69, 9.17) is 13.1 Å². The third kappa shape index (κ3) is 3.10. The van der Waals surface area contributed by atoms with Crippen LogP contribution in [0.5, 0.6) is 0 Å². The molecule has 6 atom stereocenters. The average Bonchev–Trinajstić information content (AvgIpc) is 2.63. The fourth-order valence-electron chi connectivity index (χ4n) is 2.78. The number of fused-ring (bicyclic) bond motifs is 2. The van der Waals surface area contributed by atoms with Gasteiger partial charge in [0.05, 0.1) is 24.7 Å². The lowest BCUT2D eigenvalue weighted by atomic mass is 9.79. The van der Waals surface area contributed by atoms with Crippen LogP contribution >= 0.6 is 0 Å². The Balaban J connectivity index is 2.28. The zero-order chi connectivity index (χ0) is 14.6. The molecule has 0 aliphatic carbocycles. The van der Waals surface area contributed by atoms with Crippen molar-refractivity contribution in [2.75, 3.05) is 12.5 Å². The summed E-state index contributed by atoms with van der Waals surface area (Å²) in [7, 11) is -7.43. The SMILES string of the molecule is CC1C(C)C2OC1C(OS(C)(=O)=O)C2OS(C)(=O)=O. The van der Waals surface area contributed by atoms with Gasteiger partial charge in [-0.15, -0.1) is 0 Å². The summed E-state index contributed by atoms with van der Waals surface area (Å²) in [6.45, 7) is 3.84. The Morgan fingerprint density at radius 2 is 1.11 bits per heavy atom. The van der Waals surface area contributed by atoms with Gasteiger partial charge in [-0.3, -0.25) is 8.37 Å². The Labute approximate surface area is 113 Å². The molecule has 2 aliphatic rings. The van der Waals surface area contributed by atoms with Crippen LogP contribution in [0, 0.1) is 11.8 Å². The largest absolute Gasteiger partial charge is 0.369 e. The molecule has 2 fully saturated rings. The van der Waals surface area contributed by atoms with Crippen molar-refractivity contribution in [1.82, 2.24) is 0 Å². The predicted molar refractivity (Wildman–Crippen MR) is 66.4 cm³/mol. The van der Waals surface area contributed by atoms with Crippen LogP contribution in [0.1, 0.15) is 13.8 Å². The van der Waals surface area contributed by atoms with Crippen molar-refractivity contribution in [2.45, 2.75) is 38.3 Å². The molecule has 6 unspecified atom stereocenters. The Morgan fingerprint density at radius 3 is 1.37 bits per heavy atom. The first-order valence-corrected chi connectivity index (χ1v) is 9.55. The normalized spacial score (nSPS) is 42.7. The van der Waals surface area contributed by atoms with Gasteiger partial charge in [0.1, 0.15) is 12.2 Å².